The number of hydrogen-bond acceptors (Lipinski definition) is 3. The zero-order valence-corrected chi connectivity index (χ0v) is 13.3. The first-order chi connectivity index (χ1) is 8.40. The van der Waals surface area contributed by atoms with E-state index in [0.29, 0.717) is 6.42 Å². The van der Waals surface area contributed by atoms with E-state index in [9.17, 15) is 5.11 Å². The van der Waals surface area contributed by atoms with Gasteiger partial charge in [0.1, 0.15) is 5.75 Å². The van der Waals surface area contributed by atoms with Gasteiger partial charge in [0, 0.05) is 6.54 Å². The summed E-state index contributed by atoms with van der Waals surface area (Å²) in [6.07, 6.45) is 0.713. The lowest BCUT2D eigenvalue weighted by Crippen LogP contribution is -2.35. The maximum atomic E-state index is 10.9. The predicted octanol–water partition coefficient (Wildman–Crippen LogP) is 2.91. The van der Waals surface area contributed by atoms with E-state index >= 15 is 0 Å². The van der Waals surface area contributed by atoms with E-state index in [0.717, 1.165) is 17.9 Å². The maximum Gasteiger partial charge on any atom is 0.119 e. The summed E-state index contributed by atoms with van der Waals surface area (Å²) in [5, 5.41) is 10.9. The molecule has 4 heteroatoms. The highest BCUT2D eigenvalue weighted by Gasteiger charge is 2.33. The van der Waals surface area contributed by atoms with Crippen LogP contribution in [0.4, 0.5) is 0 Å². The molecule has 1 N–H and O–H groups in total. The molecule has 0 saturated heterocycles. The van der Waals surface area contributed by atoms with E-state index in [1.807, 2.05) is 38.4 Å². The molecule has 1 atom stereocenters. The smallest absolute Gasteiger partial charge is 0.119 e. The van der Waals surface area contributed by atoms with Crippen molar-refractivity contribution in [3.63, 3.8) is 0 Å². The average molecular weight is 288 g/mol. The lowest BCUT2D eigenvalue weighted by atomic mass is 9.80. The summed E-state index contributed by atoms with van der Waals surface area (Å²) >= 11 is 0. The normalized spacial score (nSPS) is 14.1. The standard InChI is InChI=1S/C15H25NO2.ClH/c1-12(2)15(17,9-10-16(3)4)13-7-6-8-14(11-13)18-5;/h6-8,11-12,17H,9-10H2,1-5H3;1H/t15-;/m0./s1. The molecule has 0 saturated carbocycles. The molecule has 0 aliphatic carbocycles. The third-order valence-corrected chi connectivity index (χ3v) is 3.46. The van der Waals surface area contributed by atoms with Crippen LogP contribution in [0.5, 0.6) is 5.75 Å². The minimum atomic E-state index is -0.807. The molecule has 0 aliphatic rings. The zero-order valence-electron chi connectivity index (χ0n) is 12.5. The summed E-state index contributed by atoms with van der Waals surface area (Å²) in [4.78, 5) is 2.09. The lowest BCUT2D eigenvalue weighted by molar-refractivity contribution is -0.0234. The van der Waals surface area contributed by atoms with E-state index in [4.69, 9.17) is 4.74 Å². The molecular weight excluding hydrogens is 262 g/mol. The molecule has 0 spiro atoms. The van der Waals surface area contributed by atoms with E-state index in [1.54, 1.807) is 7.11 Å². The van der Waals surface area contributed by atoms with Gasteiger partial charge in [-0.15, -0.1) is 12.4 Å². The van der Waals surface area contributed by atoms with Crippen LogP contribution >= 0.6 is 12.4 Å². The quantitative estimate of drug-likeness (QED) is 0.873. The minimum absolute atomic E-state index is 0. The Morgan fingerprint density at radius 2 is 1.95 bits per heavy atom. The van der Waals surface area contributed by atoms with Gasteiger partial charge in [-0.25, -0.2) is 0 Å². The zero-order chi connectivity index (χ0) is 13.8. The minimum Gasteiger partial charge on any atom is -0.497 e. The Bertz CT molecular complexity index is 382. The van der Waals surface area contributed by atoms with Crippen LogP contribution < -0.4 is 4.74 Å². The number of nitrogens with zero attached hydrogens (tertiary/aromatic N) is 1. The third-order valence-electron chi connectivity index (χ3n) is 3.46. The third kappa shape index (κ3) is 4.68. The van der Waals surface area contributed by atoms with Crippen LogP contribution in [0.3, 0.4) is 0 Å². The fraction of sp³-hybridized carbons (Fsp3) is 0.600. The SMILES string of the molecule is COc1cccc([C@](O)(CCN(C)C)C(C)C)c1.Cl. The van der Waals surface area contributed by atoms with Crippen molar-refractivity contribution in [1.29, 1.82) is 0 Å². The Morgan fingerprint density at radius 3 is 2.42 bits per heavy atom. The molecule has 0 unspecified atom stereocenters. The van der Waals surface area contributed by atoms with Gasteiger partial charge in [-0.1, -0.05) is 26.0 Å². The number of ether oxygens (including phenoxy) is 1. The average Bonchev–Trinajstić information content (AvgIpc) is 2.35. The van der Waals surface area contributed by atoms with Gasteiger partial charge < -0.3 is 14.7 Å². The monoisotopic (exact) mass is 287 g/mol. The molecule has 0 aromatic heterocycles. The molecule has 1 aromatic rings. The fourth-order valence-corrected chi connectivity index (χ4v) is 2.05. The van der Waals surface area contributed by atoms with E-state index in [-0.39, 0.29) is 18.3 Å². The van der Waals surface area contributed by atoms with Crippen LogP contribution in [-0.4, -0.2) is 37.8 Å². The highest BCUT2D eigenvalue weighted by Crippen LogP contribution is 2.34. The highest BCUT2D eigenvalue weighted by molar-refractivity contribution is 5.85. The van der Waals surface area contributed by atoms with Gasteiger partial charge >= 0.3 is 0 Å². The molecule has 0 radical (unpaired) electrons. The lowest BCUT2D eigenvalue weighted by Gasteiger charge is -2.34. The van der Waals surface area contributed by atoms with Crippen molar-refractivity contribution in [3.8, 4) is 5.75 Å². The second kappa shape index (κ2) is 7.73. The Hall–Kier alpha value is -0.770. The molecule has 0 heterocycles. The van der Waals surface area contributed by atoms with Crippen LogP contribution in [0, 0.1) is 5.92 Å². The van der Waals surface area contributed by atoms with Gasteiger partial charge in [0.05, 0.1) is 12.7 Å². The summed E-state index contributed by atoms with van der Waals surface area (Å²) in [6.45, 7) is 4.95. The summed E-state index contributed by atoms with van der Waals surface area (Å²) in [5.41, 5.74) is 0.123. The van der Waals surface area contributed by atoms with Crippen LogP contribution in [0.15, 0.2) is 24.3 Å². The van der Waals surface area contributed by atoms with E-state index < -0.39 is 5.60 Å². The molecule has 1 aromatic carbocycles. The number of rotatable bonds is 6. The fourth-order valence-electron chi connectivity index (χ4n) is 2.05. The van der Waals surface area contributed by atoms with Crippen molar-refractivity contribution in [2.45, 2.75) is 25.9 Å². The van der Waals surface area contributed by atoms with Crippen LogP contribution in [0.25, 0.3) is 0 Å². The highest BCUT2D eigenvalue weighted by atomic mass is 35.5. The van der Waals surface area contributed by atoms with Crippen molar-refractivity contribution in [1.82, 2.24) is 4.90 Å². The number of aliphatic hydroxyl groups is 1. The summed E-state index contributed by atoms with van der Waals surface area (Å²) in [6, 6.07) is 7.72. The summed E-state index contributed by atoms with van der Waals surface area (Å²) in [5.74, 6) is 0.945. The van der Waals surface area contributed by atoms with Crippen LogP contribution in [0.2, 0.25) is 0 Å². The van der Waals surface area contributed by atoms with Crippen molar-refractivity contribution >= 4 is 12.4 Å². The van der Waals surface area contributed by atoms with E-state index in [2.05, 4.69) is 18.7 Å². The molecule has 0 bridgehead atoms. The van der Waals surface area contributed by atoms with Crippen LogP contribution in [-0.2, 0) is 5.60 Å². The molecule has 1 rings (SSSR count). The first-order valence-corrected chi connectivity index (χ1v) is 6.41. The Labute approximate surface area is 123 Å². The first kappa shape index (κ1) is 18.2. The molecule has 0 fully saturated rings. The molecule has 110 valence electrons. The topological polar surface area (TPSA) is 32.7 Å². The van der Waals surface area contributed by atoms with Gasteiger partial charge in [-0.3, -0.25) is 0 Å². The van der Waals surface area contributed by atoms with Crippen molar-refractivity contribution in [2.75, 3.05) is 27.7 Å². The predicted molar refractivity (Wildman–Crippen MR) is 82.1 cm³/mol. The van der Waals surface area contributed by atoms with Gasteiger partial charge in [-0.05, 0) is 44.1 Å². The Balaban J connectivity index is 0.00000324. The number of benzene rings is 1. The van der Waals surface area contributed by atoms with Crippen molar-refractivity contribution in [3.05, 3.63) is 29.8 Å². The Morgan fingerprint density at radius 1 is 1.32 bits per heavy atom. The van der Waals surface area contributed by atoms with Gasteiger partial charge in [0.2, 0.25) is 0 Å². The molecular formula is C15H26ClNO2. The second-order valence-corrected chi connectivity index (χ2v) is 5.36. The van der Waals surface area contributed by atoms with Gasteiger partial charge in [0.15, 0.2) is 0 Å². The van der Waals surface area contributed by atoms with Gasteiger partial charge in [0.25, 0.3) is 0 Å². The van der Waals surface area contributed by atoms with Crippen molar-refractivity contribution in [2.24, 2.45) is 5.92 Å². The Kier molecular flexibility index (Phi) is 7.42. The molecule has 0 amide bonds. The number of methoxy groups -OCH3 is 1. The maximum absolute atomic E-state index is 10.9. The van der Waals surface area contributed by atoms with E-state index in [1.165, 1.54) is 0 Å². The first-order valence-electron chi connectivity index (χ1n) is 6.41. The number of hydrogen-bond donors (Lipinski definition) is 1. The molecule has 0 aliphatic heterocycles. The number of halogens is 1. The summed E-state index contributed by atoms with van der Waals surface area (Å²) < 4.78 is 5.23. The summed E-state index contributed by atoms with van der Waals surface area (Å²) in [7, 11) is 5.69. The largest absolute Gasteiger partial charge is 0.497 e. The van der Waals surface area contributed by atoms with Crippen molar-refractivity contribution < 1.29 is 9.84 Å². The van der Waals surface area contributed by atoms with Crippen LogP contribution in [0.1, 0.15) is 25.8 Å². The molecule has 19 heavy (non-hydrogen) atoms. The second-order valence-electron chi connectivity index (χ2n) is 5.36. The van der Waals surface area contributed by atoms with Gasteiger partial charge in [-0.2, -0.15) is 0 Å². The molecule has 3 nitrogen and oxygen atoms in total.